The highest BCUT2D eigenvalue weighted by Gasteiger charge is 2.14. The Morgan fingerprint density at radius 2 is 2.22 bits per heavy atom. The highest BCUT2D eigenvalue weighted by Crippen LogP contribution is 2.27. The average Bonchev–Trinajstić information content (AvgIpc) is 2.39. The van der Waals surface area contributed by atoms with E-state index in [0.29, 0.717) is 18.8 Å². The van der Waals surface area contributed by atoms with Crippen LogP contribution >= 0.6 is 0 Å². The largest absolute Gasteiger partial charge is 0.504 e. The van der Waals surface area contributed by atoms with Crippen molar-refractivity contribution in [2.45, 2.75) is 19.3 Å². The van der Waals surface area contributed by atoms with E-state index in [1.807, 2.05) is 12.1 Å². The van der Waals surface area contributed by atoms with E-state index in [1.165, 1.54) is 7.11 Å². The van der Waals surface area contributed by atoms with Crippen molar-refractivity contribution < 1.29 is 19.4 Å². The van der Waals surface area contributed by atoms with Crippen LogP contribution in [-0.2, 0) is 16.0 Å². The van der Waals surface area contributed by atoms with Gasteiger partial charge >= 0.3 is 5.97 Å². The number of benzene rings is 1. The zero-order valence-corrected chi connectivity index (χ0v) is 10.3. The fourth-order valence-corrected chi connectivity index (χ4v) is 1.92. The first-order valence-electron chi connectivity index (χ1n) is 5.92. The van der Waals surface area contributed by atoms with Crippen LogP contribution in [0.4, 0.5) is 0 Å². The lowest BCUT2D eigenvalue weighted by Crippen LogP contribution is -2.14. The summed E-state index contributed by atoms with van der Waals surface area (Å²) in [6.07, 6.45) is 4.09. The van der Waals surface area contributed by atoms with Crippen molar-refractivity contribution in [3.63, 3.8) is 0 Å². The number of carbonyl (C=O) groups is 1. The molecule has 0 bridgehead atoms. The van der Waals surface area contributed by atoms with Crippen LogP contribution in [0.25, 0.3) is 0 Å². The number of phenols is 1. The molecule has 0 spiro atoms. The van der Waals surface area contributed by atoms with Gasteiger partial charge in [0.25, 0.3) is 0 Å². The normalized spacial score (nSPS) is 14.9. The Kier molecular flexibility index (Phi) is 3.87. The maximum atomic E-state index is 11.4. The summed E-state index contributed by atoms with van der Waals surface area (Å²) in [5.41, 5.74) is 1.75. The molecule has 18 heavy (non-hydrogen) atoms. The van der Waals surface area contributed by atoms with E-state index in [0.717, 1.165) is 24.0 Å². The number of aryl methyl sites for hydroxylation is 1. The third-order valence-corrected chi connectivity index (χ3v) is 2.93. The Bertz CT molecular complexity index is 477. The lowest BCUT2D eigenvalue weighted by Gasteiger charge is -2.13. The van der Waals surface area contributed by atoms with Gasteiger partial charge in [0.1, 0.15) is 0 Å². The zero-order valence-electron chi connectivity index (χ0n) is 10.3. The zero-order chi connectivity index (χ0) is 13.0. The van der Waals surface area contributed by atoms with Gasteiger partial charge in [-0.15, -0.1) is 0 Å². The number of ether oxygens (including phenoxy) is 2. The molecule has 0 radical (unpaired) electrons. The fraction of sp³-hybridized carbons (Fsp3) is 0.357. The molecule has 96 valence electrons. The molecule has 0 saturated heterocycles. The van der Waals surface area contributed by atoms with Crippen LogP contribution in [0.1, 0.15) is 18.4 Å². The van der Waals surface area contributed by atoms with Crippen molar-refractivity contribution in [3.8, 4) is 11.5 Å². The second-order valence-electron chi connectivity index (χ2n) is 4.16. The molecule has 0 saturated carbocycles. The Labute approximate surface area is 106 Å². The molecule has 4 nitrogen and oxygen atoms in total. The number of rotatable bonds is 4. The van der Waals surface area contributed by atoms with E-state index >= 15 is 0 Å². The Morgan fingerprint density at radius 1 is 1.39 bits per heavy atom. The van der Waals surface area contributed by atoms with Crippen LogP contribution in [0.15, 0.2) is 29.8 Å². The number of phenolic OH excluding ortho intramolecular Hbond substituents is 1. The molecule has 0 atom stereocenters. The molecule has 1 N–H and O–H groups in total. The van der Waals surface area contributed by atoms with E-state index in [4.69, 9.17) is 9.47 Å². The van der Waals surface area contributed by atoms with Gasteiger partial charge in [-0.05, 0) is 30.5 Å². The minimum Gasteiger partial charge on any atom is -0.504 e. The Balaban J connectivity index is 2.02. The second-order valence-corrected chi connectivity index (χ2v) is 4.16. The molecule has 1 aliphatic rings. The van der Waals surface area contributed by atoms with Gasteiger partial charge in [0.2, 0.25) is 0 Å². The molecule has 1 heterocycles. The average molecular weight is 248 g/mol. The van der Waals surface area contributed by atoms with Gasteiger partial charge in [-0.2, -0.15) is 0 Å². The third-order valence-electron chi connectivity index (χ3n) is 2.93. The Morgan fingerprint density at radius 3 is 2.94 bits per heavy atom. The lowest BCUT2D eigenvalue weighted by atomic mass is 10.0. The standard InChI is InChI=1S/C14H16O4/c1-17-13-9-10(5-7-12(13)15)4-6-11-3-2-8-18-14(11)16/h3,5,7,9,15H,2,4,6,8H2,1H3. The van der Waals surface area contributed by atoms with E-state index in [-0.39, 0.29) is 11.7 Å². The van der Waals surface area contributed by atoms with Crippen molar-refractivity contribution in [1.82, 2.24) is 0 Å². The number of methoxy groups -OCH3 is 1. The monoisotopic (exact) mass is 248 g/mol. The summed E-state index contributed by atoms with van der Waals surface area (Å²) >= 11 is 0. The number of carbonyl (C=O) groups excluding carboxylic acids is 1. The van der Waals surface area contributed by atoms with Gasteiger partial charge in [0.15, 0.2) is 11.5 Å². The minimum atomic E-state index is -0.216. The fourth-order valence-electron chi connectivity index (χ4n) is 1.92. The number of esters is 1. The van der Waals surface area contributed by atoms with Crippen LogP contribution in [0.3, 0.4) is 0 Å². The van der Waals surface area contributed by atoms with Crippen LogP contribution in [0.2, 0.25) is 0 Å². The van der Waals surface area contributed by atoms with Crippen LogP contribution < -0.4 is 4.74 Å². The summed E-state index contributed by atoms with van der Waals surface area (Å²) in [6.45, 7) is 0.482. The SMILES string of the molecule is COc1cc(CCC2=CCCOC2=O)ccc1O. The van der Waals surface area contributed by atoms with Crippen molar-refractivity contribution in [1.29, 1.82) is 0 Å². The number of hydrogen-bond donors (Lipinski definition) is 1. The molecule has 4 heteroatoms. The molecule has 0 fully saturated rings. The molecule has 1 aromatic carbocycles. The topological polar surface area (TPSA) is 55.8 Å². The summed E-state index contributed by atoms with van der Waals surface area (Å²) in [5, 5.41) is 9.48. The van der Waals surface area contributed by atoms with Crippen molar-refractivity contribution >= 4 is 5.97 Å². The number of hydrogen-bond acceptors (Lipinski definition) is 4. The minimum absolute atomic E-state index is 0.123. The number of aromatic hydroxyl groups is 1. The van der Waals surface area contributed by atoms with E-state index in [1.54, 1.807) is 12.1 Å². The third kappa shape index (κ3) is 2.83. The summed E-state index contributed by atoms with van der Waals surface area (Å²) in [6, 6.07) is 5.21. The molecule has 0 aliphatic carbocycles. The summed E-state index contributed by atoms with van der Waals surface area (Å²) in [4.78, 5) is 11.4. The molecule has 0 unspecified atom stereocenters. The van der Waals surface area contributed by atoms with Gasteiger partial charge < -0.3 is 14.6 Å². The molecule has 1 aliphatic heterocycles. The van der Waals surface area contributed by atoms with E-state index < -0.39 is 0 Å². The van der Waals surface area contributed by atoms with Crippen molar-refractivity contribution in [2.75, 3.05) is 13.7 Å². The highest BCUT2D eigenvalue weighted by atomic mass is 16.5. The summed E-state index contributed by atoms with van der Waals surface area (Å²) in [7, 11) is 1.51. The maximum absolute atomic E-state index is 11.4. The van der Waals surface area contributed by atoms with Crippen molar-refractivity contribution in [2.24, 2.45) is 0 Å². The highest BCUT2D eigenvalue weighted by molar-refractivity contribution is 5.89. The maximum Gasteiger partial charge on any atom is 0.333 e. The first kappa shape index (κ1) is 12.5. The predicted octanol–water partition coefficient (Wildman–Crippen LogP) is 2.21. The predicted molar refractivity (Wildman–Crippen MR) is 66.6 cm³/mol. The summed E-state index contributed by atoms with van der Waals surface area (Å²) < 4.78 is 10.0. The first-order valence-corrected chi connectivity index (χ1v) is 5.92. The van der Waals surface area contributed by atoms with Gasteiger partial charge in [-0.1, -0.05) is 12.1 Å². The van der Waals surface area contributed by atoms with Gasteiger partial charge in [0.05, 0.1) is 13.7 Å². The van der Waals surface area contributed by atoms with Gasteiger partial charge in [-0.3, -0.25) is 0 Å². The molecular weight excluding hydrogens is 232 g/mol. The van der Waals surface area contributed by atoms with Gasteiger partial charge in [-0.25, -0.2) is 4.79 Å². The van der Waals surface area contributed by atoms with E-state index in [9.17, 15) is 9.90 Å². The van der Waals surface area contributed by atoms with Crippen molar-refractivity contribution in [3.05, 3.63) is 35.4 Å². The Hall–Kier alpha value is -1.97. The van der Waals surface area contributed by atoms with Gasteiger partial charge in [0, 0.05) is 12.0 Å². The molecule has 2 rings (SSSR count). The molecule has 0 aromatic heterocycles. The molecular formula is C14H16O4. The smallest absolute Gasteiger partial charge is 0.333 e. The summed E-state index contributed by atoms with van der Waals surface area (Å²) in [5.74, 6) is 0.359. The quantitative estimate of drug-likeness (QED) is 0.830. The van der Waals surface area contributed by atoms with Crippen LogP contribution in [0, 0.1) is 0 Å². The molecule has 0 amide bonds. The van der Waals surface area contributed by atoms with E-state index in [2.05, 4.69) is 0 Å². The number of cyclic esters (lactones) is 1. The second kappa shape index (κ2) is 5.58. The van der Waals surface area contributed by atoms with Crippen LogP contribution in [-0.4, -0.2) is 24.8 Å². The lowest BCUT2D eigenvalue weighted by molar-refractivity contribution is -0.140. The molecule has 1 aromatic rings. The van der Waals surface area contributed by atoms with Crippen LogP contribution in [0.5, 0.6) is 11.5 Å². The first-order chi connectivity index (χ1) is 8.70.